The van der Waals surface area contributed by atoms with E-state index in [1.165, 1.54) is 43.5 Å². The standard InChI is InChI=1S/C22H39N5O.HI/c1-23-22(24-12-16-26(2)13-7-17-28-3)25-18-20-8-10-21(11-9-20)19-27-14-5-4-6-15-27;/h8-11H,4-7,12-19H2,1-3H3,(H2,23,24,25);1H. The van der Waals surface area contributed by atoms with Gasteiger partial charge in [0.2, 0.25) is 0 Å². The van der Waals surface area contributed by atoms with E-state index in [0.29, 0.717) is 0 Å². The quantitative estimate of drug-likeness (QED) is 0.205. The second-order valence-corrected chi connectivity index (χ2v) is 7.66. The summed E-state index contributed by atoms with van der Waals surface area (Å²) in [4.78, 5) is 9.19. The van der Waals surface area contributed by atoms with Gasteiger partial charge in [0.15, 0.2) is 5.96 Å². The summed E-state index contributed by atoms with van der Waals surface area (Å²) in [6.07, 6.45) is 5.14. The van der Waals surface area contributed by atoms with Crippen molar-refractivity contribution in [2.45, 2.75) is 38.8 Å². The number of guanidine groups is 1. The predicted octanol–water partition coefficient (Wildman–Crippen LogP) is 2.92. The molecule has 1 aromatic rings. The fraction of sp³-hybridized carbons (Fsp3) is 0.682. The molecule has 1 heterocycles. The van der Waals surface area contributed by atoms with Crippen LogP contribution in [0.3, 0.4) is 0 Å². The Balaban J connectivity index is 0.00000420. The van der Waals surface area contributed by atoms with E-state index >= 15 is 0 Å². The van der Waals surface area contributed by atoms with Crippen molar-refractivity contribution >= 4 is 29.9 Å². The van der Waals surface area contributed by atoms with E-state index in [2.05, 4.69) is 56.7 Å². The van der Waals surface area contributed by atoms with E-state index in [0.717, 1.165) is 51.7 Å². The highest BCUT2D eigenvalue weighted by Gasteiger charge is 2.10. The van der Waals surface area contributed by atoms with E-state index in [9.17, 15) is 0 Å². The van der Waals surface area contributed by atoms with Crippen molar-refractivity contribution in [1.82, 2.24) is 20.4 Å². The van der Waals surface area contributed by atoms with Gasteiger partial charge in [-0.2, -0.15) is 0 Å². The molecular weight excluding hydrogens is 477 g/mol. The van der Waals surface area contributed by atoms with Gasteiger partial charge in [-0.05, 0) is 50.5 Å². The van der Waals surface area contributed by atoms with Gasteiger partial charge in [-0.15, -0.1) is 24.0 Å². The Kier molecular flexibility index (Phi) is 14.3. The van der Waals surface area contributed by atoms with Crippen molar-refractivity contribution in [1.29, 1.82) is 0 Å². The van der Waals surface area contributed by atoms with E-state index in [1.807, 2.05) is 7.05 Å². The van der Waals surface area contributed by atoms with Crippen molar-refractivity contribution in [3.63, 3.8) is 0 Å². The summed E-state index contributed by atoms with van der Waals surface area (Å²) in [5, 5.41) is 6.79. The number of likely N-dealkylation sites (N-methyl/N-ethyl adjacent to an activating group) is 1. The second kappa shape index (κ2) is 15.9. The van der Waals surface area contributed by atoms with Crippen LogP contribution < -0.4 is 10.6 Å². The molecule has 1 aromatic carbocycles. The van der Waals surface area contributed by atoms with Crippen molar-refractivity contribution < 1.29 is 4.74 Å². The van der Waals surface area contributed by atoms with Crippen molar-refractivity contribution in [2.24, 2.45) is 4.99 Å². The number of piperidine rings is 1. The van der Waals surface area contributed by atoms with E-state index in [4.69, 9.17) is 4.74 Å². The molecule has 0 amide bonds. The lowest BCUT2D eigenvalue weighted by atomic mass is 10.1. The van der Waals surface area contributed by atoms with Crippen LogP contribution in [0.25, 0.3) is 0 Å². The van der Waals surface area contributed by atoms with Crippen molar-refractivity contribution in [3.05, 3.63) is 35.4 Å². The minimum Gasteiger partial charge on any atom is -0.385 e. The van der Waals surface area contributed by atoms with Crippen LogP contribution >= 0.6 is 24.0 Å². The summed E-state index contributed by atoms with van der Waals surface area (Å²) in [7, 11) is 5.71. The van der Waals surface area contributed by atoms with Crippen LogP contribution in [0.5, 0.6) is 0 Å². The van der Waals surface area contributed by atoms with Crippen LogP contribution in [0.4, 0.5) is 0 Å². The van der Waals surface area contributed by atoms with E-state index in [1.54, 1.807) is 7.11 Å². The van der Waals surface area contributed by atoms with Crippen LogP contribution in [0.2, 0.25) is 0 Å². The van der Waals surface area contributed by atoms with Gasteiger partial charge in [-0.25, -0.2) is 0 Å². The first kappa shape index (κ1) is 26.1. The molecule has 0 atom stereocenters. The third-order valence-electron chi connectivity index (χ3n) is 5.24. The number of rotatable bonds is 11. The van der Waals surface area contributed by atoms with Gasteiger partial charge in [0, 0.05) is 53.5 Å². The average Bonchev–Trinajstić information content (AvgIpc) is 2.72. The number of methoxy groups -OCH3 is 1. The van der Waals surface area contributed by atoms with E-state index < -0.39 is 0 Å². The zero-order chi connectivity index (χ0) is 20.0. The summed E-state index contributed by atoms with van der Waals surface area (Å²) in [6, 6.07) is 8.97. The van der Waals surface area contributed by atoms with Crippen LogP contribution in [0, 0.1) is 0 Å². The zero-order valence-corrected chi connectivity index (χ0v) is 20.8. The first-order chi connectivity index (χ1) is 13.7. The normalized spacial score (nSPS) is 15.2. The maximum Gasteiger partial charge on any atom is 0.191 e. The van der Waals surface area contributed by atoms with Crippen LogP contribution in [0.15, 0.2) is 29.3 Å². The Labute approximate surface area is 194 Å². The monoisotopic (exact) mass is 517 g/mol. The Morgan fingerprint density at radius 3 is 2.41 bits per heavy atom. The molecule has 2 N–H and O–H groups in total. The third kappa shape index (κ3) is 11.2. The van der Waals surface area contributed by atoms with Crippen molar-refractivity contribution in [3.8, 4) is 0 Å². The molecule has 2 rings (SSSR count). The number of benzene rings is 1. The maximum absolute atomic E-state index is 5.10. The third-order valence-corrected chi connectivity index (χ3v) is 5.24. The molecule has 7 heteroatoms. The average molecular weight is 518 g/mol. The molecule has 0 aliphatic carbocycles. The molecule has 1 saturated heterocycles. The van der Waals surface area contributed by atoms with Gasteiger partial charge in [-0.1, -0.05) is 30.7 Å². The molecule has 0 spiro atoms. The van der Waals surface area contributed by atoms with Crippen LogP contribution in [0.1, 0.15) is 36.8 Å². The summed E-state index contributed by atoms with van der Waals surface area (Å²) in [5.41, 5.74) is 2.69. The number of nitrogens with one attached hydrogen (secondary N) is 2. The predicted molar refractivity (Wildman–Crippen MR) is 133 cm³/mol. The molecule has 0 aromatic heterocycles. The minimum atomic E-state index is 0. The summed E-state index contributed by atoms with van der Waals surface area (Å²) >= 11 is 0. The van der Waals surface area contributed by atoms with Gasteiger partial charge < -0.3 is 20.3 Å². The molecule has 166 valence electrons. The highest BCUT2D eigenvalue weighted by Crippen LogP contribution is 2.13. The Bertz CT molecular complexity index is 561. The number of nitrogens with zero attached hydrogens (tertiary/aromatic N) is 3. The minimum absolute atomic E-state index is 0. The Morgan fingerprint density at radius 1 is 1.07 bits per heavy atom. The second-order valence-electron chi connectivity index (χ2n) is 7.66. The highest BCUT2D eigenvalue weighted by molar-refractivity contribution is 14.0. The molecule has 1 aliphatic heterocycles. The Morgan fingerprint density at radius 2 is 1.76 bits per heavy atom. The summed E-state index contributed by atoms with van der Waals surface area (Å²) < 4.78 is 5.10. The molecular formula is C22H40IN5O. The SMILES string of the molecule is CN=C(NCCN(C)CCCOC)NCc1ccc(CN2CCCCC2)cc1.I. The lowest BCUT2D eigenvalue weighted by Gasteiger charge is -2.26. The number of hydrogen-bond acceptors (Lipinski definition) is 4. The van der Waals surface area contributed by atoms with Gasteiger partial charge in [0.1, 0.15) is 0 Å². The fourth-order valence-electron chi connectivity index (χ4n) is 3.50. The summed E-state index contributed by atoms with van der Waals surface area (Å²) in [5.74, 6) is 0.850. The molecule has 0 bridgehead atoms. The molecule has 0 unspecified atom stereocenters. The highest BCUT2D eigenvalue weighted by atomic mass is 127. The van der Waals surface area contributed by atoms with Crippen molar-refractivity contribution in [2.75, 3.05) is 60.5 Å². The summed E-state index contributed by atoms with van der Waals surface area (Å²) in [6.45, 7) is 8.07. The topological polar surface area (TPSA) is 52.1 Å². The maximum atomic E-state index is 5.10. The number of ether oxygens (including phenoxy) is 1. The van der Waals surface area contributed by atoms with Crippen LogP contribution in [-0.4, -0.2) is 76.3 Å². The number of hydrogen-bond donors (Lipinski definition) is 2. The number of likely N-dealkylation sites (tertiary alicyclic amines) is 1. The fourth-order valence-corrected chi connectivity index (χ4v) is 3.50. The number of halogens is 1. The molecule has 1 fully saturated rings. The molecule has 0 saturated carbocycles. The first-order valence-electron chi connectivity index (χ1n) is 10.6. The molecule has 6 nitrogen and oxygen atoms in total. The molecule has 1 aliphatic rings. The van der Waals surface area contributed by atoms with Gasteiger partial charge in [0.05, 0.1) is 0 Å². The zero-order valence-electron chi connectivity index (χ0n) is 18.5. The van der Waals surface area contributed by atoms with Gasteiger partial charge in [0.25, 0.3) is 0 Å². The first-order valence-corrected chi connectivity index (χ1v) is 10.6. The lowest BCUT2D eigenvalue weighted by molar-refractivity contribution is 0.180. The van der Waals surface area contributed by atoms with Gasteiger partial charge in [-0.3, -0.25) is 9.89 Å². The molecule has 0 radical (unpaired) electrons. The smallest absolute Gasteiger partial charge is 0.191 e. The van der Waals surface area contributed by atoms with Crippen LogP contribution in [-0.2, 0) is 17.8 Å². The van der Waals surface area contributed by atoms with E-state index in [-0.39, 0.29) is 24.0 Å². The lowest BCUT2D eigenvalue weighted by Crippen LogP contribution is -2.40. The number of aliphatic imine (C=N–C) groups is 1. The largest absolute Gasteiger partial charge is 0.385 e. The van der Waals surface area contributed by atoms with Gasteiger partial charge >= 0.3 is 0 Å². The Hall–Kier alpha value is -0.900. The molecule has 29 heavy (non-hydrogen) atoms.